The van der Waals surface area contributed by atoms with Gasteiger partial charge in [-0.15, -0.1) is 0 Å². The smallest absolute Gasteiger partial charge is 0.257 e. The van der Waals surface area contributed by atoms with Gasteiger partial charge in [-0.05, 0) is 43.9 Å². The lowest BCUT2D eigenvalue weighted by molar-refractivity contribution is -0.120. The Morgan fingerprint density at radius 2 is 1.97 bits per heavy atom. The fraction of sp³-hybridized carbons (Fsp3) is 0.667. The Hall–Kier alpha value is -2.12. The minimum absolute atomic E-state index is 0.0422. The lowest BCUT2D eigenvalue weighted by Crippen LogP contribution is -2.44. The number of hydrogen-bond donors (Lipinski definition) is 2. The number of likely N-dealkylation sites (N-methyl/N-ethyl adjacent to an activating group) is 1. The summed E-state index contributed by atoms with van der Waals surface area (Å²) in [7, 11) is 3.46. The fourth-order valence-corrected chi connectivity index (χ4v) is 4.35. The molecule has 31 heavy (non-hydrogen) atoms. The molecular weight excluding hydrogens is 394 g/mol. The van der Waals surface area contributed by atoms with Crippen molar-refractivity contribution in [2.75, 3.05) is 39.2 Å². The third kappa shape index (κ3) is 6.20. The normalized spacial score (nSPS) is 26.3. The van der Waals surface area contributed by atoms with E-state index in [1.807, 2.05) is 6.07 Å². The van der Waals surface area contributed by atoms with Gasteiger partial charge in [-0.25, -0.2) is 0 Å². The van der Waals surface area contributed by atoms with Crippen LogP contribution in [-0.2, 0) is 9.53 Å². The zero-order valence-corrected chi connectivity index (χ0v) is 19.3. The van der Waals surface area contributed by atoms with Gasteiger partial charge in [0.15, 0.2) is 0 Å². The molecule has 2 amide bonds. The number of carbonyl (C=O) groups is 2. The highest BCUT2D eigenvalue weighted by atomic mass is 16.5. The molecule has 0 bridgehead atoms. The van der Waals surface area contributed by atoms with E-state index in [0.29, 0.717) is 30.2 Å². The first-order valence-corrected chi connectivity index (χ1v) is 11.5. The number of amides is 2. The summed E-state index contributed by atoms with van der Waals surface area (Å²) in [6, 6.07) is 5.47. The second kappa shape index (κ2) is 11.0. The summed E-state index contributed by atoms with van der Waals surface area (Å²) >= 11 is 0. The third-order valence-corrected chi connectivity index (χ3v) is 6.47. The summed E-state index contributed by atoms with van der Waals surface area (Å²) in [5.41, 5.74) is 1.09. The minimum atomic E-state index is -0.140. The van der Waals surface area contributed by atoms with Crippen molar-refractivity contribution < 1.29 is 19.1 Å². The van der Waals surface area contributed by atoms with Crippen LogP contribution in [0.1, 0.15) is 56.3 Å². The van der Waals surface area contributed by atoms with Crippen LogP contribution in [0.15, 0.2) is 18.2 Å². The molecule has 1 fully saturated rings. The van der Waals surface area contributed by atoms with Gasteiger partial charge in [0.25, 0.3) is 5.91 Å². The van der Waals surface area contributed by atoms with E-state index >= 15 is 0 Å². The molecule has 1 heterocycles. The molecule has 0 saturated heterocycles. The largest absolute Gasteiger partial charge is 0.491 e. The van der Waals surface area contributed by atoms with Gasteiger partial charge in [-0.1, -0.05) is 26.2 Å². The van der Waals surface area contributed by atoms with E-state index in [1.165, 1.54) is 6.42 Å². The first-order chi connectivity index (χ1) is 14.9. The van der Waals surface area contributed by atoms with E-state index < -0.39 is 0 Å². The number of fused-ring (bicyclic) bond motifs is 1. The molecule has 7 heteroatoms. The average Bonchev–Trinajstić information content (AvgIpc) is 2.79. The number of rotatable bonds is 3. The lowest BCUT2D eigenvalue weighted by atomic mass is 9.88. The van der Waals surface area contributed by atoms with Crippen molar-refractivity contribution >= 4 is 17.5 Å². The minimum Gasteiger partial charge on any atom is -0.491 e. The molecule has 1 aliphatic heterocycles. The molecule has 3 atom stereocenters. The van der Waals surface area contributed by atoms with Gasteiger partial charge in [0, 0.05) is 44.9 Å². The molecule has 2 N–H and O–H groups in total. The summed E-state index contributed by atoms with van der Waals surface area (Å²) in [6.45, 7) is 5.88. The molecule has 1 aromatic rings. The Kier molecular flexibility index (Phi) is 8.32. The highest BCUT2D eigenvalue weighted by Gasteiger charge is 2.26. The number of anilines is 1. The van der Waals surface area contributed by atoms with E-state index in [2.05, 4.69) is 24.5 Å². The molecule has 2 aliphatic rings. The van der Waals surface area contributed by atoms with Gasteiger partial charge in [-0.2, -0.15) is 0 Å². The molecule has 0 aromatic heterocycles. The second-order valence-electron chi connectivity index (χ2n) is 9.09. The van der Waals surface area contributed by atoms with Gasteiger partial charge in [0.1, 0.15) is 12.4 Å². The van der Waals surface area contributed by atoms with Crippen molar-refractivity contribution in [2.24, 2.45) is 11.8 Å². The molecule has 1 aliphatic carbocycles. The standard InChI is InChI=1S/C24H37N3O4/c1-16-13-25-17(2)15-31-21-11-10-19(26-23(28)18-8-6-5-7-9-18)12-20(21)24(29)27(3)14-22(16)30-4/h10-12,16-18,22,25H,5-9,13-15H2,1-4H3,(H,26,28)/t16-,17+,22-/m1/s1. The van der Waals surface area contributed by atoms with Crippen LogP contribution in [-0.4, -0.2) is 62.7 Å². The highest BCUT2D eigenvalue weighted by Crippen LogP contribution is 2.28. The average molecular weight is 432 g/mol. The monoisotopic (exact) mass is 431 g/mol. The van der Waals surface area contributed by atoms with E-state index in [0.717, 1.165) is 32.2 Å². The number of nitrogens with zero attached hydrogens (tertiary/aromatic N) is 1. The first kappa shape index (κ1) is 23.5. The first-order valence-electron chi connectivity index (χ1n) is 11.5. The van der Waals surface area contributed by atoms with Crippen LogP contribution in [0, 0.1) is 11.8 Å². The number of ether oxygens (including phenoxy) is 2. The zero-order chi connectivity index (χ0) is 22.4. The molecular formula is C24H37N3O4. The lowest BCUT2D eigenvalue weighted by Gasteiger charge is -2.30. The van der Waals surface area contributed by atoms with Gasteiger partial charge in [0.2, 0.25) is 5.91 Å². The van der Waals surface area contributed by atoms with Crippen molar-refractivity contribution in [3.63, 3.8) is 0 Å². The van der Waals surface area contributed by atoms with Crippen molar-refractivity contribution in [3.05, 3.63) is 23.8 Å². The van der Waals surface area contributed by atoms with Gasteiger partial charge >= 0.3 is 0 Å². The van der Waals surface area contributed by atoms with E-state index in [-0.39, 0.29) is 35.8 Å². The summed E-state index contributed by atoms with van der Waals surface area (Å²) < 4.78 is 11.7. The summed E-state index contributed by atoms with van der Waals surface area (Å²) in [5, 5.41) is 6.50. The van der Waals surface area contributed by atoms with Crippen molar-refractivity contribution in [1.29, 1.82) is 0 Å². The van der Waals surface area contributed by atoms with Crippen molar-refractivity contribution in [2.45, 2.75) is 58.1 Å². The SMILES string of the molecule is CO[C@@H]1CN(C)C(=O)c2cc(NC(=O)C3CCCCC3)ccc2OC[C@H](C)NC[C@H]1C. The zero-order valence-electron chi connectivity index (χ0n) is 19.3. The molecule has 1 aromatic carbocycles. The van der Waals surface area contributed by atoms with E-state index in [1.54, 1.807) is 31.2 Å². The Bertz CT molecular complexity index is 763. The summed E-state index contributed by atoms with van der Waals surface area (Å²) in [6.07, 6.45) is 5.20. The van der Waals surface area contributed by atoms with Crippen molar-refractivity contribution in [1.82, 2.24) is 10.2 Å². The quantitative estimate of drug-likeness (QED) is 0.768. The number of methoxy groups -OCH3 is 1. The van der Waals surface area contributed by atoms with Gasteiger partial charge in [0.05, 0.1) is 11.7 Å². The topological polar surface area (TPSA) is 79.9 Å². The predicted molar refractivity (Wildman–Crippen MR) is 122 cm³/mol. The van der Waals surface area contributed by atoms with Crippen LogP contribution >= 0.6 is 0 Å². The van der Waals surface area contributed by atoms with Crippen molar-refractivity contribution in [3.8, 4) is 5.75 Å². The number of carbonyl (C=O) groups excluding carboxylic acids is 2. The Morgan fingerprint density at radius 1 is 1.23 bits per heavy atom. The molecule has 0 unspecified atom stereocenters. The number of hydrogen-bond acceptors (Lipinski definition) is 5. The Labute approximate surface area is 185 Å². The Balaban J connectivity index is 1.83. The number of nitrogens with one attached hydrogen (secondary N) is 2. The van der Waals surface area contributed by atoms with Crippen LogP contribution in [0.5, 0.6) is 5.75 Å². The number of benzene rings is 1. The van der Waals surface area contributed by atoms with Crippen LogP contribution in [0.3, 0.4) is 0 Å². The van der Waals surface area contributed by atoms with Gasteiger partial charge < -0.3 is 25.0 Å². The fourth-order valence-electron chi connectivity index (χ4n) is 4.35. The van der Waals surface area contributed by atoms with Gasteiger partial charge in [-0.3, -0.25) is 9.59 Å². The molecule has 7 nitrogen and oxygen atoms in total. The predicted octanol–water partition coefficient (Wildman–Crippen LogP) is 3.30. The van der Waals surface area contributed by atoms with Crippen LogP contribution in [0.25, 0.3) is 0 Å². The molecule has 0 spiro atoms. The van der Waals surface area contributed by atoms with E-state index in [4.69, 9.17) is 9.47 Å². The maximum atomic E-state index is 13.3. The molecule has 0 radical (unpaired) electrons. The molecule has 1 saturated carbocycles. The maximum Gasteiger partial charge on any atom is 0.257 e. The molecule has 3 rings (SSSR count). The second-order valence-corrected chi connectivity index (χ2v) is 9.09. The van der Waals surface area contributed by atoms with Crippen LogP contribution < -0.4 is 15.4 Å². The van der Waals surface area contributed by atoms with E-state index in [9.17, 15) is 9.59 Å². The highest BCUT2D eigenvalue weighted by molar-refractivity contribution is 5.99. The van der Waals surface area contributed by atoms with Crippen LogP contribution in [0.2, 0.25) is 0 Å². The Morgan fingerprint density at radius 3 is 2.68 bits per heavy atom. The summed E-state index contributed by atoms with van der Waals surface area (Å²) in [5.74, 6) is 0.728. The summed E-state index contributed by atoms with van der Waals surface area (Å²) in [4.78, 5) is 27.7. The third-order valence-electron chi connectivity index (χ3n) is 6.47. The maximum absolute atomic E-state index is 13.3. The van der Waals surface area contributed by atoms with Crippen LogP contribution in [0.4, 0.5) is 5.69 Å². The molecule has 172 valence electrons.